The average Bonchev–Trinajstić information content (AvgIpc) is 2.22. The van der Waals surface area contributed by atoms with E-state index in [2.05, 4.69) is 25.9 Å². The largest absolute Gasteiger partial charge is 0.436 e. The van der Waals surface area contributed by atoms with Crippen LogP contribution in [0.3, 0.4) is 0 Å². The van der Waals surface area contributed by atoms with Gasteiger partial charge in [-0.3, -0.25) is 0 Å². The van der Waals surface area contributed by atoms with Crippen LogP contribution in [0.25, 0.3) is 0 Å². The van der Waals surface area contributed by atoms with Gasteiger partial charge in [0.1, 0.15) is 11.6 Å². The minimum Gasteiger partial charge on any atom is -0.436 e. The van der Waals surface area contributed by atoms with E-state index in [1.165, 1.54) is 12.1 Å². The molecule has 0 radical (unpaired) electrons. The fourth-order valence-corrected chi connectivity index (χ4v) is 1.67. The molecule has 0 atom stereocenters. The van der Waals surface area contributed by atoms with Crippen molar-refractivity contribution in [3.05, 3.63) is 45.8 Å². The first-order chi connectivity index (χ1) is 8.04. The van der Waals surface area contributed by atoms with Crippen molar-refractivity contribution in [1.29, 1.82) is 0 Å². The first kappa shape index (κ1) is 12.2. The molecular formula is C10H4BrClF2N2O. The molecule has 0 fully saturated rings. The fourth-order valence-electron chi connectivity index (χ4n) is 1.10. The van der Waals surface area contributed by atoms with Gasteiger partial charge in [-0.25, -0.2) is 9.37 Å². The summed E-state index contributed by atoms with van der Waals surface area (Å²) >= 11 is 8.58. The van der Waals surface area contributed by atoms with E-state index in [4.69, 9.17) is 16.3 Å². The molecule has 0 bridgehead atoms. The van der Waals surface area contributed by atoms with Gasteiger partial charge >= 0.3 is 0 Å². The zero-order chi connectivity index (χ0) is 12.4. The predicted molar refractivity (Wildman–Crippen MR) is 61.2 cm³/mol. The van der Waals surface area contributed by atoms with Crippen LogP contribution in [0.1, 0.15) is 0 Å². The number of aromatic nitrogens is 2. The molecule has 1 aromatic carbocycles. The van der Waals surface area contributed by atoms with Crippen LogP contribution in [0.5, 0.6) is 11.6 Å². The standard InChI is InChI=1S/C10H4BrClF2N2O/c11-5-1-6(13)3-7(2-5)17-9-8(14)4-15-10(12)16-9/h1-4H. The zero-order valence-electron chi connectivity index (χ0n) is 8.12. The van der Waals surface area contributed by atoms with Gasteiger partial charge < -0.3 is 4.74 Å². The van der Waals surface area contributed by atoms with Gasteiger partial charge in [-0.2, -0.15) is 9.37 Å². The SMILES string of the molecule is Fc1cc(Br)cc(Oc2nc(Cl)ncc2F)c1. The van der Waals surface area contributed by atoms with Crippen molar-refractivity contribution in [3.63, 3.8) is 0 Å². The van der Waals surface area contributed by atoms with Gasteiger partial charge in [0.15, 0.2) is 0 Å². The van der Waals surface area contributed by atoms with Crippen molar-refractivity contribution in [2.75, 3.05) is 0 Å². The van der Waals surface area contributed by atoms with Crippen LogP contribution in [-0.2, 0) is 0 Å². The molecule has 0 aliphatic heterocycles. The third-order valence-corrected chi connectivity index (χ3v) is 2.37. The molecule has 88 valence electrons. The van der Waals surface area contributed by atoms with Crippen molar-refractivity contribution < 1.29 is 13.5 Å². The first-order valence-electron chi connectivity index (χ1n) is 4.36. The molecule has 0 N–H and O–H groups in total. The van der Waals surface area contributed by atoms with Crippen LogP contribution in [0, 0.1) is 11.6 Å². The molecule has 7 heteroatoms. The Hall–Kier alpha value is -1.27. The highest BCUT2D eigenvalue weighted by Gasteiger charge is 2.09. The Kier molecular flexibility index (Phi) is 3.54. The highest BCUT2D eigenvalue weighted by molar-refractivity contribution is 9.10. The molecular weight excluding hydrogens is 317 g/mol. The lowest BCUT2D eigenvalue weighted by Crippen LogP contribution is -1.94. The third kappa shape index (κ3) is 3.10. The molecule has 0 aliphatic carbocycles. The van der Waals surface area contributed by atoms with Gasteiger partial charge in [-0.05, 0) is 23.7 Å². The average molecular weight is 322 g/mol. The van der Waals surface area contributed by atoms with Gasteiger partial charge in [0.2, 0.25) is 11.1 Å². The van der Waals surface area contributed by atoms with Gasteiger partial charge in [-0.15, -0.1) is 0 Å². The van der Waals surface area contributed by atoms with Gasteiger partial charge in [0, 0.05) is 10.5 Å². The molecule has 2 rings (SSSR count). The van der Waals surface area contributed by atoms with E-state index in [0.29, 0.717) is 4.47 Å². The lowest BCUT2D eigenvalue weighted by Gasteiger charge is -2.06. The monoisotopic (exact) mass is 320 g/mol. The lowest BCUT2D eigenvalue weighted by molar-refractivity contribution is 0.416. The summed E-state index contributed by atoms with van der Waals surface area (Å²) in [5, 5.41) is -0.156. The Bertz CT molecular complexity index is 548. The molecule has 2 aromatic rings. The number of rotatable bonds is 2. The second-order valence-electron chi connectivity index (χ2n) is 3.00. The summed E-state index contributed by atoms with van der Waals surface area (Å²) in [6.07, 6.45) is 0.874. The summed E-state index contributed by atoms with van der Waals surface area (Å²) in [5.74, 6) is -1.56. The van der Waals surface area contributed by atoms with Crippen LogP contribution in [-0.4, -0.2) is 9.97 Å². The van der Waals surface area contributed by atoms with Crippen molar-refractivity contribution in [1.82, 2.24) is 9.97 Å². The van der Waals surface area contributed by atoms with Crippen molar-refractivity contribution >= 4 is 27.5 Å². The van der Waals surface area contributed by atoms with E-state index in [0.717, 1.165) is 12.3 Å². The topological polar surface area (TPSA) is 35.0 Å². The summed E-state index contributed by atoms with van der Waals surface area (Å²) in [6, 6.07) is 3.81. The van der Waals surface area contributed by atoms with Crippen LogP contribution in [0.15, 0.2) is 28.9 Å². The number of nitrogens with zero attached hydrogens (tertiary/aromatic N) is 2. The van der Waals surface area contributed by atoms with Crippen molar-refractivity contribution in [2.45, 2.75) is 0 Å². The molecule has 0 aliphatic rings. The normalized spacial score (nSPS) is 10.4. The number of halogens is 4. The zero-order valence-corrected chi connectivity index (χ0v) is 10.5. The van der Waals surface area contributed by atoms with E-state index in [1.807, 2.05) is 0 Å². The maximum Gasteiger partial charge on any atom is 0.260 e. The molecule has 0 amide bonds. The predicted octanol–water partition coefficient (Wildman–Crippen LogP) is 3.96. The lowest BCUT2D eigenvalue weighted by atomic mass is 10.3. The number of benzene rings is 1. The molecule has 0 unspecified atom stereocenters. The molecule has 1 heterocycles. The summed E-state index contributed by atoms with van der Waals surface area (Å²) in [5.41, 5.74) is 0. The Morgan fingerprint density at radius 1 is 1.24 bits per heavy atom. The molecule has 3 nitrogen and oxygen atoms in total. The number of ether oxygens (including phenoxy) is 1. The van der Waals surface area contributed by atoms with Crippen LogP contribution >= 0.6 is 27.5 Å². The van der Waals surface area contributed by atoms with E-state index in [1.54, 1.807) is 0 Å². The van der Waals surface area contributed by atoms with Gasteiger partial charge in [-0.1, -0.05) is 15.9 Å². The third-order valence-electron chi connectivity index (χ3n) is 1.73. The molecule has 17 heavy (non-hydrogen) atoms. The fraction of sp³-hybridized carbons (Fsp3) is 0. The molecule has 0 saturated carbocycles. The second kappa shape index (κ2) is 4.93. The summed E-state index contributed by atoms with van der Waals surface area (Å²) in [6.45, 7) is 0. The minimum absolute atomic E-state index is 0.102. The first-order valence-corrected chi connectivity index (χ1v) is 5.53. The Morgan fingerprint density at radius 3 is 2.71 bits per heavy atom. The summed E-state index contributed by atoms with van der Waals surface area (Å²) in [4.78, 5) is 6.98. The maximum absolute atomic E-state index is 13.2. The molecule has 1 aromatic heterocycles. The van der Waals surface area contributed by atoms with Gasteiger partial charge in [0.25, 0.3) is 5.88 Å². The van der Waals surface area contributed by atoms with Gasteiger partial charge in [0.05, 0.1) is 6.20 Å². The van der Waals surface area contributed by atoms with Crippen molar-refractivity contribution in [2.24, 2.45) is 0 Å². The van der Waals surface area contributed by atoms with Crippen LogP contribution in [0.4, 0.5) is 8.78 Å². The van der Waals surface area contributed by atoms with E-state index in [-0.39, 0.29) is 16.9 Å². The molecule has 0 spiro atoms. The quantitative estimate of drug-likeness (QED) is 0.785. The van der Waals surface area contributed by atoms with Crippen LogP contribution in [0.2, 0.25) is 5.28 Å². The Morgan fingerprint density at radius 2 is 2.00 bits per heavy atom. The molecule has 0 saturated heterocycles. The smallest absolute Gasteiger partial charge is 0.260 e. The Balaban J connectivity index is 2.34. The Labute approximate surface area is 109 Å². The summed E-state index contributed by atoms with van der Waals surface area (Å²) in [7, 11) is 0. The maximum atomic E-state index is 13.2. The van der Waals surface area contributed by atoms with Crippen LogP contribution < -0.4 is 4.74 Å². The van der Waals surface area contributed by atoms with Crippen molar-refractivity contribution in [3.8, 4) is 11.6 Å². The second-order valence-corrected chi connectivity index (χ2v) is 4.25. The highest BCUT2D eigenvalue weighted by atomic mass is 79.9. The van der Waals surface area contributed by atoms with E-state index in [9.17, 15) is 8.78 Å². The summed E-state index contributed by atoms with van der Waals surface area (Å²) < 4.78 is 31.8. The van der Waals surface area contributed by atoms with E-state index < -0.39 is 11.6 Å². The minimum atomic E-state index is -0.783. The van der Waals surface area contributed by atoms with E-state index >= 15 is 0 Å². The number of hydrogen-bond donors (Lipinski definition) is 0. The number of hydrogen-bond acceptors (Lipinski definition) is 3. The highest BCUT2D eigenvalue weighted by Crippen LogP contribution is 2.26.